The zero-order chi connectivity index (χ0) is 24.9. The number of ether oxygens (including phenoxy) is 2. The number of hydrogen-bond donors (Lipinski definition) is 1. The number of rotatable bonds is 12. The molecule has 0 radical (unpaired) electrons. The third kappa shape index (κ3) is 8.60. The van der Waals surface area contributed by atoms with E-state index in [-0.39, 0.29) is 30.2 Å². The molecule has 0 saturated heterocycles. The van der Waals surface area contributed by atoms with E-state index in [2.05, 4.69) is 28.6 Å². The van der Waals surface area contributed by atoms with Gasteiger partial charge in [-0.1, -0.05) is 44.4 Å². The highest BCUT2D eigenvalue weighted by atomic mass is 79.9. The minimum Gasteiger partial charge on any atom is -1.00 e. The Morgan fingerprint density at radius 3 is 2.06 bits per heavy atom. The highest BCUT2D eigenvalue weighted by molar-refractivity contribution is 5.99. The number of nitrogens with zero attached hydrogens (tertiary/aromatic N) is 1. The quantitative estimate of drug-likeness (QED) is 0.184. The highest BCUT2D eigenvalue weighted by Crippen LogP contribution is 2.38. The summed E-state index contributed by atoms with van der Waals surface area (Å²) in [4.78, 5) is 26.0. The summed E-state index contributed by atoms with van der Waals surface area (Å²) in [6.45, 7) is 6.30. The van der Waals surface area contributed by atoms with Crippen molar-refractivity contribution >= 4 is 11.9 Å². The standard InChI is InChI=1S/C28H34N2O4.BrH/c1-6-9-10-11-12-13-16-30-17-14-15-23(20-30)26-24(27(31)33-18-7-2)21(4)29-22(5)25(26)28(32)34-19-8-3;/h2-3,14-15,17,20,26H,6,9-13,16,18-19H2,1,4-5H3;1H. The number of nitrogens with one attached hydrogen (secondary N) is 1. The average molecular weight is 544 g/mol. The average Bonchev–Trinajstić information content (AvgIpc) is 2.82. The van der Waals surface area contributed by atoms with Crippen molar-refractivity contribution in [3.8, 4) is 24.7 Å². The Hall–Kier alpha value is -3.03. The maximum absolute atomic E-state index is 13.0. The largest absolute Gasteiger partial charge is 1.00 e. The van der Waals surface area contributed by atoms with Crippen LogP contribution in [-0.2, 0) is 25.6 Å². The summed E-state index contributed by atoms with van der Waals surface area (Å²) in [7, 11) is 0. The molecule has 0 saturated carbocycles. The lowest BCUT2D eigenvalue weighted by Gasteiger charge is -2.29. The van der Waals surface area contributed by atoms with Crippen LogP contribution < -0.4 is 26.9 Å². The molecule has 0 aliphatic carbocycles. The van der Waals surface area contributed by atoms with Crippen LogP contribution in [0.15, 0.2) is 47.1 Å². The first-order chi connectivity index (χ1) is 16.4. The van der Waals surface area contributed by atoms with Gasteiger partial charge in [-0.3, -0.25) is 0 Å². The van der Waals surface area contributed by atoms with Crippen LogP contribution in [0.5, 0.6) is 0 Å². The monoisotopic (exact) mass is 542 g/mol. The first-order valence-corrected chi connectivity index (χ1v) is 11.8. The predicted octanol–water partition coefficient (Wildman–Crippen LogP) is 0.926. The van der Waals surface area contributed by atoms with Gasteiger partial charge in [-0.15, -0.1) is 12.8 Å². The fourth-order valence-electron chi connectivity index (χ4n) is 4.17. The van der Waals surface area contributed by atoms with Crippen molar-refractivity contribution in [2.45, 2.75) is 71.8 Å². The molecule has 1 aliphatic heterocycles. The molecule has 188 valence electrons. The molecule has 1 N–H and O–H groups in total. The van der Waals surface area contributed by atoms with E-state index < -0.39 is 17.9 Å². The smallest absolute Gasteiger partial charge is 0.337 e. The second kappa shape index (κ2) is 15.8. The van der Waals surface area contributed by atoms with E-state index in [0.717, 1.165) is 24.9 Å². The molecular formula is C28H35BrN2O4. The van der Waals surface area contributed by atoms with Gasteiger partial charge in [0.25, 0.3) is 0 Å². The molecule has 1 aliphatic rings. The van der Waals surface area contributed by atoms with Gasteiger partial charge >= 0.3 is 11.9 Å². The van der Waals surface area contributed by atoms with Crippen LogP contribution in [-0.4, -0.2) is 25.2 Å². The number of hydrogen-bond acceptors (Lipinski definition) is 5. The van der Waals surface area contributed by atoms with Gasteiger partial charge < -0.3 is 31.8 Å². The maximum Gasteiger partial charge on any atom is 0.337 e. The lowest BCUT2D eigenvalue weighted by Crippen LogP contribution is -3.00. The van der Waals surface area contributed by atoms with Gasteiger partial charge in [-0.2, -0.15) is 0 Å². The van der Waals surface area contributed by atoms with Gasteiger partial charge in [0.05, 0.1) is 17.1 Å². The molecule has 35 heavy (non-hydrogen) atoms. The van der Waals surface area contributed by atoms with Crippen LogP contribution in [0, 0.1) is 24.7 Å². The highest BCUT2D eigenvalue weighted by Gasteiger charge is 2.39. The summed E-state index contributed by atoms with van der Waals surface area (Å²) in [5.74, 6) is 2.80. The molecule has 2 rings (SSSR count). The molecule has 0 amide bonds. The molecule has 1 aromatic rings. The predicted molar refractivity (Wildman–Crippen MR) is 131 cm³/mol. The van der Waals surface area contributed by atoms with E-state index in [1.165, 1.54) is 25.7 Å². The number of allylic oxidation sites excluding steroid dienone is 2. The van der Waals surface area contributed by atoms with Crippen molar-refractivity contribution in [2.24, 2.45) is 0 Å². The van der Waals surface area contributed by atoms with E-state index in [1.807, 2.05) is 24.5 Å². The number of terminal acetylenes is 2. The zero-order valence-corrected chi connectivity index (χ0v) is 22.4. The lowest BCUT2D eigenvalue weighted by molar-refractivity contribution is -0.697. The molecule has 0 bridgehead atoms. The minimum absolute atomic E-state index is 0. The van der Waals surface area contributed by atoms with Gasteiger partial charge in [0.1, 0.15) is 6.54 Å². The number of carbonyl (C=O) groups excluding carboxylic acids is 2. The molecule has 0 aromatic carbocycles. The number of dihydropyridines is 1. The van der Waals surface area contributed by atoms with Gasteiger partial charge in [-0.05, 0) is 26.3 Å². The molecule has 0 unspecified atom stereocenters. The molecule has 0 fully saturated rings. The van der Waals surface area contributed by atoms with E-state index in [1.54, 1.807) is 13.8 Å². The van der Waals surface area contributed by atoms with E-state index in [4.69, 9.17) is 22.3 Å². The van der Waals surface area contributed by atoms with Gasteiger partial charge in [0.15, 0.2) is 25.6 Å². The Kier molecular flexibility index (Phi) is 13.5. The van der Waals surface area contributed by atoms with Crippen LogP contribution in [0.1, 0.15) is 70.8 Å². The summed E-state index contributed by atoms with van der Waals surface area (Å²) in [5.41, 5.74) is 2.64. The van der Waals surface area contributed by atoms with Crippen LogP contribution in [0.2, 0.25) is 0 Å². The van der Waals surface area contributed by atoms with Gasteiger partial charge in [0, 0.05) is 29.4 Å². The normalized spacial score (nSPS) is 13.3. The van der Waals surface area contributed by atoms with Crippen molar-refractivity contribution in [3.05, 3.63) is 52.6 Å². The van der Waals surface area contributed by atoms with Crippen molar-refractivity contribution in [1.82, 2.24) is 5.32 Å². The maximum atomic E-state index is 13.0. The fourth-order valence-corrected chi connectivity index (χ4v) is 4.17. The van der Waals surface area contributed by atoms with Crippen LogP contribution >= 0.6 is 0 Å². The van der Waals surface area contributed by atoms with Gasteiger partial charge in [-0.25, -0.2) is 14.2 Å². The molecular weight excluding hydrogens is 508 g/mol. The Bertz CT molecular complexity index is 978. The first-order valence-electron chi connectivity index (χ1n) is 11.8. The lowest BCUT2D eigenvalue weighted by atomic mass is 9.81. The summed E-state index contributed by atoms with van der Waals surface area (Å²) in [5, 5.41) is 3.11. The topological polar surface area (TPSA) is 68.5 Å². The molecule has 0 atom stereocenters. The number of unbranched alkanes of at least 4 members (excludes halogenated alkanes) is 5. The Balaban J connectivity index is 0.00000612. The summed E-state index contributed by atoms with van der Waals surface area (Å²) >= 11 is 0. The van der Waals surface area contributed by atoms with Crippen molar-refractivity contribution in [2.75, 3.05) is 13.2 Å². The summed E-state index contributed by atoms with van der Waals surface area (Å²) < 4.78 is 12.6. The number of esters is 2. The third-order valence-corrected chi connectivity index (χ3v) is 5.76. The minimum atomic E-state index is -0.672. The summed E-state index contributed by atoms with van der Waals surface area (Å²) in [6.07, 6.45) is 21.7. The van der Waals surface area contributed by atoms with Crippen LogP contribution in [0.4, 0.5) is 0 Å². The molecule has 7 heteroatoms. The number of aryl methyl sites for hydroxylation is 1. The van der Waals surface area contributed by atoms with Crippen molar-refractivity contribution in [3.63, 3.8) is 0 Å². The second-order valence-corrected chi connectivity index (χ2v) is 8.34. The second-order valence-electron chi connectivity index (χ2n) is 8.34. The van der Waals surface area contributed by atoms with Crippen LogP contribution in [0.25, 0.3) is 0 Å². The van der Waals surface area contributed by atoms with E-state index >= 15 is 0 Å². The molecule has 1 aromatic heterocycles. The Labute approximate surface area is 219 Å². The zero-order valence-electron chi connectivity index (χ0n) is 20.9. The van der Waals surface area contributed by atoms with Gasteiger partial charge in [0.2, 0.25) is 0 Å². The van der Waals surface area contributed by atoms with E-state index in [0.29, 0.717) is 22.5 Å². The van der Waals surface area contributed by atoms with Crippen molar-refractivity contribution in [1.29, 1.82) is 0 Å². The first kappa shape index (κ1) is 30.0. The molecule has 0 spiro atoms. The third-order valence-electron chi connectivity index (χ3n) is 5.76. The molecule has 2 heterocycles. The summed E-state index contributed by atoms with van der Waals surface area (Å²) in [6, 6.07) is 3.82. The SMILES string of the molecule is C#CCOC(=O)C1=C(C)NC(C)=C(C(=O)OCC#C)C1c1ccc[n+](CCCCCCCC)c1.[Br-]. The fraction of sp³-hybridized carbons (Fsp3) is 0.464. The van der Waals surface area contributed by atoms with Crippen LogP contribution in [0.3, 0.4) is 0 Å². The number of carbonyl (C=O) groups is 2. The Morgan fingerprint density at radius 1 is 0.971 bits per heavy atom. The number of aromatic nitrogens is 1. The van der Waals surface area contributed by atoms with E-state index in [9.17, 15) is 9.59 Å². The Morgan fingerprint density at radius 2 is 1.51 bits per heavy atom. The number of halogens is 1. The number of pyridine rings is 1. The molecule has 6 nitrogen and oxygen atoms in total. The van der Waals surface area contributed by atoms with Crippen molar-refractivity contribution < 1.29 is 40.6 Å².